The third kappa shape index (κ3) is 5.78. The number of sulfonamides is 1. The lowest BCUT2D eigenvalue weighted by molar-refractivity contribution is 0.261. The van der Waals surface area contributed by atoms with E-state index in [1.54, 1.807) is 6.07 Å². The Morgan fingerprint density at radius 2 is 2.04 bits per heavy atom. The number of nitrogens with one attached hydrogen (secondary N) is 1. The molecule has 0 fully saturated rings. The van der Waals surface area contributed by atoms with E-state index in [0.29, 0.717) is 10.9 Å². The second-order valence-corrected chi connectivity index (χ2v) is 8.89. The molecular weight excluding hydrogens is 356 g/mol. The molecule has 0 spiro atoms. The number of rotatable bonds is 8. The molecule has 5 nitrogen and oxygen atoms in total. The quantitative estimate of drug-likeness (QED) is 0.771. The van der Waals surface area contributed by atoms with E-state index < -0.39 is 10.0 Å². The maximum absolute atomic E-state index is 12.2. The van der Waals surface area contributed by atoms with Crippen LogP contribution in [-0.4, -0.2) is 40.6 Å². The Kier molecular flexibility index (Phi) is 6.43. The van der Waals surface area contributed by atoms with Gasteiger partial charge in [-0.2, -0.15) is 0 Å². The van der Waals surface area contributed by atoms with Crippen molar-refractivity contribution in [2.24, 2.45) is 0 Å². The predicted octanol–water partition coefficient (Wildman–Crippen LogP) is 2.82. The zero-order valence-corrected chi connectivity index (χ0v) is 15.3. The van der Waals surface area contributed by atoms with E-state index in [9.17, 15) is 8.42 Å². The minimum atomic E-state index is -3.54. The number of halogens is 1. The van der Waals surface area contributed by atoms with Crippen LogP contribution in [0.2, 0.25) is 4.34 Å². The summed E-state index contributed by atoms with van der Waals surface area (Å²) in [5, 5.41) is 0. The summed E-state index contributed by atoms with van der Waals surface area (Å²) in [6, 6.07) is 10.4. The second-order valence-electron chi connectivity index (χ2n) is 5.18. The first kappa shape index (κ1) is 18.2. The summed E-state index contributed by atoms with van der Waals surface area (Å²) < 4.78 is 33.2. The minimum Gasteiger partial charge on any atom is -0.492 e. The summed E-state index contributed by atoms with van der Waals surface area (Å²) >= 11 is 6.81. The molecule has 0 aliphatic carbocycles. The Balaban J connectivity index is 1.95. The first-order valence-corrected chi connectivity index (χ1v) is 9.66. The lowest BCUT2D eigenvalue weighted by Crippen LogP contribution is -2.22. The summed E-state index contributed by atoms with van der Waals surface area (Å²) in [4.78, 5) is 2.03. The molecule has 2 aromatic rings. The fourth-order valence-electron chi connectivity index (χ4n) is 1.78. The second kappa shape index (κ2) is 8.12. The molecule has 8 heteroatoms. The normalized spacial score (nSPS) is 11.8. The van der Waals surface area contributed by atoms with Gasteiger partial charge in [-0.15, -0.1) is 11.3 Å². The van der Waals surface area contributed by atoms with Crippen LogP contribution in [0.25, 0.3) is 0 Å². The molecule has 1 aromatic heterocycles. The van der Waals surface area contributed by atoms with Crippen molar-refractivity contribution in [3.63, 3.8) is 0 Å². The lowest BCUT2D eigenvalue weighted by atomic mass is 10.2. The Hall–Kier alpha value is -1.12. The molecule has 1 heterocycles. The molecular formula is C15H19ClN2O3S2. The lowest BCUT2D eigenvalue weighted by Gasteiger charge is -2.12. The highest BCUT2D eigenvalue weighted by Crippen LogP contribution is 2.25. The van der Waals surface area contributed by atoms with Crippen molar-refractivity contribution < 1.29 is 13.2 Å². The number of likely N-dealkylation sites (N-methyl/N-ethyl adjacent to an activating group) is 1. The fraction of sp³-hybridized carbons (Fsp3) is 0.333. The highest BCUT2D eigenvalue weighted by atomic mass is 35.5. The smallest absolute Gasteiger partial charge is 0.250 e. The number of nitrogens with zero attached hydrogens (tertiary/aromatic N) is 1. The zero-order valence-electron chi connectivity index (χ0n) is 13.0. The molecule has 126 valence electrons. The number of thiophene rings is 1. The van der Waals surface area contributed by atoms with Crippen molar-refractivity contribution >= 4 is 33.0 Å². The monoisotopic (exact) mass is 374 g/mol. The Labute approximate surface area is 145 Å². The highest BCUT2D eigenvalue weighted by molar-refractivity contribution is 7.91. The molecule has 2 rings (SSSR count). The molecule has 0 amide bonds. The summed E-state index contributed by atoms with van der Waals surface area (Å²) in [6.45, 7) is 1.59. The molecule has 0 unspecified atom stereocenters. The van der Waals surface area contributed by atoms with Crippen LogP contribution in [0.4, 0.5) is 0 Å². The van der Waals surface area contributed by atoms with Crippen molar-refractivity contribution in [2.45, 2.75) is 10.8 Å². The van der Waals surface area contributed by atoms with E-state index >= 15 is 0 Å². The summed E-state index contributed by atoms with van der Waals surface area (Å²) in [7, 11) is 0.413. The topological polar surface area (TPSA) is 58.6 Å². The van der Waals surface area contributed by atoms with Gasteiger partial charge < -0.3 is 9.64 Å². The van der Waals surface area contributed by atoms with E-state index in [0.717, 1.165) is 29.2 Å². The van der Waals surface area contributed by atoms with Crippen LogP contribution in [-0.2, 0) is 16.6 Å². The van der Waals surface area contributed by atoms with Gasteiger partial charge in [0.15, 0.2) is 0 Å². The van der Waals surface area contributed by atoms with Gasteiger partial charge in [0.2, 0.25) is 10.0 Å². The van der Waals surface area contributed by atoms with Gasteiger partial charge >= 0.3 is 0 Å². The van der Waals surface area contributed by atoms with Crippen LogP contribution >= 0.6 is 22.9 Å². The van der Waals surface area contributed by atoms with E-state index in [1.807, 2.05) is 43.3 Å². The van der Waals surface area contributed by atoms with Crippen LogP contribution in [0.3, 0.4) is 0 Å². The van der Waals surface area contributed by atoms with Crippen LogP contribution in [0.1, 0.15) is 5.56 Å². The largest absolute Gasteiger partial charge is 0.492 e. The van der Waals surface area contributed by atoms with Crippen LogP contribution in [0, 0.1) is 0 Å². The third-order valence-corrected chi connectivity index (χ3v) is 6.11. The van der Waals surface area contributed by atoms with Crippen molar-refractivity contribution in [2.75, 3.05) is 27.2 Å². The van der Waals surface area contributed by atoms with E-state index in [4.69, 9.17) is 16.3 Å². The molecule has 0 bridgehead atoms. The number of hydrogen-bond donors (Lipinski definition) is 1. The average molecular weight is 375 g/mol. The average Bonchev–Trinajstić information content (AvgIpc) is 2.93. The highest BCUT2D eigenvalue weighted by Gasteiger charge is 2.16. The third-order valence-electron chi connectivity index (χ3n) is 2.99. The molecule has 0 radical (unpaired) electrons. The van der Waals surface area contributed by atoms with Gasteiger partial charge in [0.05, 0.1) is 4.34 Å². The summed E-state index contributed by atoms with van der Waals surface area (Å²) in [5.74, 6) is 0.725. The van der Waals surface area contributed by atoms with Crippen molar-refractivity contribution in [1.82, 2.24) is 9.62 Å². The maximum atomic E-state index is 12.2. The zero-order chi connectivity index (χ0) is 16.9. The Morgan fingerprint density at radius 3 is 2.70 bits per heavy atom. The summed E-state index contributed by atoms with van der Waals surface area (Å²) in [5.41, 5.74) is 0.832. The molecule has 0 aliphatic rings. The van der Waals surface area contributed by atoms with Gasteiger partial charge in [-0.3, -0.25) is 0 Å². The molecule has 0 atom stereocenters. The van der Waals surface area contributed by atoms with Crippen LogP contribution < -0.4 is 9.46 Å². The molecule has 0 saturated carbocycles. The molecule has 0 aliphatic heterocycles. The van der Waals surface area contributed by atoms with Gasteiger partial charge in [0.25, 0.3) is 0 Å². The molecule has 23 heavy (non-hydrogen) atoms. The SMILES string of the molecule is CN(C)CCOc1cccc(CNS(=O)(=O)c2ccc(Cl)s2)c1. The first-order valence-electron chi connectivity index (χ1n) is 6.98. The predicted molar refractivity (Wildman–Crippen MR) is 93.8 cm³/mol. The van der Waals surface area contributed by atoms with Gasteiger partial charge in [-0.25, -0.2) is 13.1 Å². The van der Waals surface area contributed by atoms with E-state index in [1.165, 1.54) is 6.07 Å². The van der Waals surface area contributed by atoms with Gasteiger partial charge in [0, 0.05) is 13.1 Å². The fourth-order valence-corrected chi connectivity index (χ4v) is 4.33. The van der Waals surface area contributed by atoms with Crippen molar-refractivity contribution in [3.05, 3.63) is 46.3 Å². The summed E-state index contributed by atoms with van der Waals surface area (Å²) in [6.07, 6.45) is 0. The number of ether oxygens (including phenoxy) is 1. The van der Waals surface area contributed by atoms with Gasteiger partial charge in [-0.1, -0.05) is 23.7 Å². The van der Waals surface area contributed by atoms with Crippen molar-refractivity contribution in [1.29, 1.82) is 0 Å². The molecule has 0 saturated heterocycles. The van der Waals surface area contributed by atoms with Crippen molar-refractivity contribution in [3.8, 4) is 5.75 Å². The van der Waals surface area contributed by atoms with Crippen LogP contribution in [0.15, 0.2) is 40.6 Å². The molecule has 1 N–H and O–H groups in total. The standard InChI is InChI=1S/C15H19ClN2O3S2/c1-18(2)8-9-21-13-5-3-4-12(10-13)11-17-23(19,20)15-7-6-14(16)22-15/h3-7,10,17H,8-9,11H2,1-2H3. The van der Waals surface area contributed by atoms with Crippen LogP contribution in [0.5, 0.6) is 5.75 Å². The molecule has 1 aromatic carbocycles. The Bertz CT molecular complexity index is 745. The Morgan fingerprint density at radius 1 is 1.26 bits per heavy atom. The minimum absolute atomic E-state index is 0.197. The number of benzene rings is 1. The first-order chi connectivity index (χ1) is 10.9. The van der Waals surface area contributed by atoms with E-state index in [-0.39, 0.29) is 10.8 Å². The van der Waals surface area contributed by atoms with Gasteiger partial charge in [-0.05, 0) is 43.9 Å². The maximum Gasteiger partial charge on any atom is 0.250 e. The van der Waals surface area contributed by atoms with Gasteiger partial charge in [0.1, 0.15) is 16.6 Å². The number of hydrogen-bond acceptors (Lipinski definition) is 5. The van der Waals surface area contributed by atoms with E-state index in [2.05, 4.69) is 4.72 Å².